The van der Waals surface area contributed by atoms with Crippen molar-refractivity contribution in [3.63, 3.8) is 0 Å². The lowest BCUT2D eigenvalue weighted by atomic mass is 10.0. The van der Waals surface area contributed by atoms with E-state index in [2.05, 4.69) is 31.3 Å². The lowest BCUT2D eigenvalue weighted by Crippen LogP contribution is -2.45. The molecule has 0 aromatic rings. The number of aliphatic hydroxyl groups is 3. The van der Waals surface area contributed by atoms with Crippen LogP contribution in [0.25, 0.3) is 0 Å². The predicted octanol–water partition coefficient (Wildman–Crippen LogP) is 19.2. The molecule has 398 valence electrons. The molecular weight excluding hydrogens is 823 g/mol. The molecule has 5 heteroatoms. The van der Waals surface area contributed by atoms with Crippen molar-refractivity contribution in [1.29, 1.82) is 0 Å². The maximum absolute atomic E-state index is 12.5. The highest BCUT2D eigenvalue weighted by Crippen LogP contribution is 2.18. The molecule has 0 aliphatic rings. The lowest BCUT2D eigenvalue weighted by molar-refractivity contribution is -0.124. The van der Waals surface area contributed by atoms with Gasteiger partial charge >= 0.3 is 0 Å². The SMILES string of the molecule is CCCCCCCCCCCCCC/C=C\CCCCCCCCCCCCCC(O)CC(=O)NC(CO)C(O)/C=C/CCCCCCCCCCCCCCCCCCCCCCCCC. The Bertz CT molecular complexity index is 998. The van der Waals surface area contributed by atoms with Gasteiger partial charge in [-0.05, 0) is 44.9 Å². The molecule has 0 aromatic carbocycles. The Morgan fingerprint density at radius 3 is 0.910 bits per heavy atom. The Hall–Kier alpha value is -1.17. The summed E-state index contributed by atoms with van der Waals surface area (Å²) in [7, 11) is 0. The Labute approximate surface area is 420 Å². The van der Waals surface area contributed by atoms with Crippen LogP contribution in [0.2, 0.25) is 0 Å². The molecule has 3 unspecified atom stereocenters. The van der Waals surface area contributed by atoms with Gasteiger partial charge in [0.2, 0.25) is 5.91 Å². The van der Waals surface area contributed by atoms with Crippen molar-refractivity contribution in [2.75, 3.05) is 6.61 Å². The van der Waals surface area contributed by atoms with E-state index in [-0.39, 0.29) is 18.9 Å². The zero-order valence-electron chi connectivity index (χ0n) is 45.6. The number of nitrogens with one attached hydrogen (secondary N) is 1. The Morgan fingerprint density at radius 1 is 0.373 bits per heavy atom. The van der Waals surface area contributed by atoms with Gasteiger partial charge in [0, 0.05) is 0 Å². The monoisotopic (exact) mass is 944 g/mol. The fourth-order valence-corrected chi connectivity index (χ4v) is 9.81. The number of carbonyl (C=O) groups is 1. The number of carbonyl (C=O) groups excluding carboxylic acids is 1. The smallest absolute Gasteiger partial charge is 0.222 e. The molecule has 4 N–H and O–H groups in total. The Kier molecular flexibility index (Phi) is 56.4. The summed E-state index contributed by atoms with van der Waals surface area (Å²) in [4.78, 5) is 12.5. The zero-order chi connectivity index (χ0) is 48.6. The second kappa shape index (κ2) is 57.4. The summed E-state index contributed by atoms with van der Waals surface area (Å²) in [5.74, 6) is -0.310. The van der Waals surface area contributed by atoms with Crippen LogP contribution in [-0.4, -0.2) is 46.1 Å². The van der Waals surface area contributed by atoms with Crippen LogP contribution in [0.3, 0.4) is 0 Å². The van der Waals surface area contributed by atoms with Crippen molar-refractivity contribution in [1.82, 2.24) is 5.32 Å². The van der Waals surface area contributed by atoms with E-state index in [0.717, 1.165) is 25.7 Å². The van der Waals surface area contributed by atoms with Crippen molar-refractivity contribution in [3.05, 3.63) is 24.3 Å². The first-order valence-corrected chi connectivity index (χ1v) is 30.6. The van der Waals surface area contributed by atoms with E-state index in [4.69, 9.17) is 0 Å². The van der Waals surface area contributed by atoms with E-state index in [9.17, 15) is 20.1 Å². The largest absolute Gasteiger partial charge is 0.394 e. The summed E-state index contributed by atoms with van der Waals surface area (Å²) in [6.45, 7) is 4.26. The summed E-state index contributed by atoms with van der Waals surface area (Å²) in [5, 5.41) is 33.5. The van der Waals surface area contributed by atoms with Crippen LogP contribution in [0.15, 0.2) is 24.3 Å². The maximum Gasteiger partial charge on any atom is 0.222 e. The second-order valence-corrected chi connectivity index (χ2v) is 21.3. The van der Waals surface area contributed by atoms with Gasteiger partial charge in [-0.3, -0.25) is 4.79 Å². The second-order valence-electron chi connectivity index (χ2n) is 21.3. The summed E-state index contributed by atoms with van der Waals surface area (Å²) in [6, 6.07) is -0.744. The number of hydrogen-bond acceptors (Lipinski definition) is 4. The average Bonchev–Trinajstić information content (AvgIpc) is 3.32. The summed E-state index contributed by atoms with van der Waals surface area (Å²) in [5.41, 5.74) is 0. The quantitative estimate of drug-likeness (QED) is 0.0361. The van der Waals surface area contributed by atoms with Crippen molar-refractivity contribution >= 4 is 5.91 Å². The van der Waals surface area contributed by atoms with Gasteiger partial charge in [-0.25, -0.2) is 0 Å². The Balaban J connectivity index is 3.53. The number of aliphatic hydroxyl groups excluding tert-OH is 3. The van der Waals surface area contributed by atoms with Crippen LogP contribution in [-0.2, 0) is 4.79 Å². The van der Waals surface area contributed by atoms with Crippen molar-refractivity contribution in [2.45, 2.75) is 360 Å². The highest BCUT2D eigenvalue weighted by Gasteiger charge is 2.20. The minimum Gasteiger partial charge on any atom is -0.394 e. The standard InChI is InChI=1S/C62H121NO4/c1-3-5-7-9-11-13-15-17-19-21-23-25-27-29-30-32-33-35-37-39-41-43-45-47-49-51-53-55-59(65)57-62(67)63-60(58-64)61(66)56-54-52-50-48-46-44-42-40-38-36-34-31-28-26-24-22-20-18-16-14-12-10-8-6-4-2/h29-30,54,56,59-61,64-66H,3-28,31-53,55,57-58H2,1-2H3,(H,63,67)/b30-29-,56-54+. The molecule has 0 aliphatic heterocycles. The number of allylic oxidation sites excluding steroid dienone is 3. The molecule has 0 fully saturated rings. The first-order valence-electron chi connectivity index (χ1n) is 30.6. The molecule has 0 saturated heterocycles. The molecule has 0 aromatic heterocycles. The normalized spacial score (nSPS) is 13.3. The molecular formula is C62H121NO4. The van der Waals surface area contributed by atoms with E-state index in [1.807, 2.05) is 6.08 Å². The number of rotatable bonds is 57. The summed E-state index contributed by atoms with van der Waals surface area (Å²) in [6.07, 6.45) is 73.9. The van der Waals surface area contributed by atoms with Crippen LogP contribution in [0.5, 0.6) is 0 Å². The van der Waals surface area contributed by atoms with E-state index < -0.39 is 18.2 Å². The van der Waals surface area contributed by atoms with Crippen LogP contribution >= 0.6 is 0 Å². The molecule has 0 radical (unpaired) electrons. The number of unbranched alkanes of at least 4 members (excludes halogenated alkanes) is 46. The molecule has 67 heavy (non-hydrogen) atoms. The maximum atomic E-state index is 12.5. The van der Waals surface area contributed by atoms with Crippen LogP contribution in [0.1, 0.15) is 341 Å². The van der Waals surface area contributed by atoms with E-state index in [1.54, 1.807) is 6.08 Å². The number of hydrogen-bond donors (Lipinski definition) is 4. The van der Waals surface area contributed by atoms with Crippen molar-refractivity contribution < 1.29 is 20.1 Å². The fourth-order valence-electron chi connectivity index (χ4n) is 9.81. The number of amides is 1. The molecule has 0 rings (SSSR count). The van der Waals surface area contributed by atoms with Gasteiger partial charge < -0.3 is 20.6 Å². The molecule has 0 aliphatic carbocycles. The molecule has 0 saturated carbocycles. The van der Waals surface area contributed by atoms with Gasteiger partial charge in [-0.15, -0.1) is 0 Å². The molecule has 0 spiro atoms. The minimum absolute atomic E-state index is 0.0161. The first-order chi connectivity index (χ1) is 33.0. The lowest BCUT2D eigenvalue weighted by Gasteiger charge is -2.21. The third kappa shape index (κ3) is 54.0. The van der Waals surface area contributed by atoms with Crippen LogP contribution < -0.4 is 5.32 Å². The van der Waals surface area contributed by atoms with Gasteiger partial charge in [-0.1, -0.05) is 314 Å². The minimum atomic E-state index is -0.929. The fraction of sp³-hybridized carbons (Fsp3) is 0.919. The van der Waals surface area contributed by atoms with Gasteiger partial charge in [-0.2, -0.15) is 0 Å². The van der Waals surface area contributed by atoms with E-state index in [1.165, 1.54) is 289 Å². The molecule has 1 amide bonds. The highest BCUT2D eigenvalue weighted by molar-refractivity contribution is 5.76. The summed E-state index contributed by atoms with van der Waals surface area (Å²) >= 11 is 0. The van der Waals surface area contributed by atoms with Crippen LogP contribution in [0, 0.1) is 0 Å². The topological polar surface area (TPSA) is 89.8 Å². The van der Waals surface area contributed by atoms with Crippen molar-refractivity contribution in [3.8, 4) is 0 Å². The van der Waals surface area contributed by atoms with Gasteiger partial charge in [0.05, 0.1) is 31.3 Å². The molecule has 0 bridgehead atoms. The van der Waals surface area contributed by atoms with Crippen molar-refractivity contribution in [2.24, 2.45) is 0 Å². The third-order valence-corrected chi connectivity index (χ3v) is 14.5. The van der Waals surface area contributed by atoms with E-state index >= 15 is 0 Å². The van der Waals surface area contributed by atoms with Gasteiger partial charge in [0.1, 0.15) is 0 Å². The predicted molar refractivity (Wildman–Crippen MR) is 296 cm³/mol. The van der Waals surface area contributed by atoms with E-state index in [0.29, 0.717) is 6.42 Å². The van der Waals surface area contributed by atoms with Crippen LogP contribution in [0.4, 0.5) is 0 Å². The molecule has 3 atom stereocenters. The Morgan fingerprint density at radius 2 is 0.627 bits per heavy atom. The third-order valence-electron chi connectivity index (χ3n) is 14.5. The van der Waals surface area contributed by atoms with Gasteiger partial charge in [0.15, 0.2) is 0 Å². The molecule has 5 nitrogen and oxygen atoms in total. The zero-order valence-corrected chi connectivity index (χ0v) is 45.6. The highest BCUT2D eigenvalue weighted by atomic mass is 16.3. The first kappa shape index (κ1) is 65.8. The average molecular weight is 945 g/mol. The molecule has 0 heterocycles. The summed E-state index contributed by atoms with van der Waals surface area (Å²) < 4.78 is 0. The van der Waals surface area contributed by atoms with Gasteiger partial charge in [0.25, 0.3) is 0 Å².